The van der Waals surface area contributed by atoms with E-state index in [0.29, 0.717) is 34.8 Å². The standard InChI is InChI=1S/C17H13ClFN3O4S.C14H15FN4O3S/c18-10-2-6-13-14(8-10)26-17(20-13)21-16(23)9-1-5-12(19)15(7-9)27(24,25)22-11-3-4-11;1-19-13(6-7-16-19)17-14(20)9-2-5-11(15)12(8-9)23(21,22)18-10-3-4-10/h1-2,5-8,11,22H,3-4H2,(H,20,21,23);2,5-8,10,18H,3-4H2,1H3,(H,17,20). The molecule has 2 aliphatic carbocycles. The average Bonchev–Trinajstić information content (AvgIpc) is 3.97. The maximum Gasteiger partial charge on any atom is 0.302 e. The number of carbonyl (C=O) groups is 2. The summed E-state index contributed by atoms with van der Waals surface area (Å²) >= 11 is 5.87. The van der Waals surface area contributed by atoms with E-state index < -0.39 is 53.3 Å². The molecule has 0 saturated heterocycles. The predicted molar refractivity (Wildman–Crippen MR) is 178 cm³/mol. The van der Waals surface area contributed by atoms with Crippen LogP contribution in [0.5, 0.6) is 0 Å². The van der Waals surface area contributed by atoms with Crippen molar-refractivity contribution in [3.8, 4) is 0 Å². The van der Waals surface area contributed by atoms with Crippen LogP contribution in [0.2, 0.25) is 5.02 Å². The third-order valence-corrected chi connectivity index (χ3v) is 10.7. The van der Waals surface area contributed by atoms with Gasteiger partial charge in [0.05, 0.1) is 6.20 Å². The number of amides is 2. The van der Waals surface area contributed by atoms with E-state index in [1.807, 2.05) is 0 Å². The molecule has 19 heteroatoms. The summed E-state index contributed by atoms with van der Waals surface area (Å²) in [5.41, 5.74) is 0.871. The topological polar surface area (TPSA) is 194 Å². The van der Waals surface area contributed by atoms with Crippen LogP contribution >= 0.6 is 11.6 Å². The van der Waals surface area contributed by atoms with Crippen molar-refractivity contribution in [2.75, 3.05) is 10.6 Å². The van der Waals surface area contributed by atoms with Crippen molar-refractivity contribution >= 4 is 66.4 Å². The van der Waals surface area contributed by atoms with Crippen molar-refractivity contribution in [1.82, 2.24) is 24.2 Å². The lowest BCUT2D eigenvalue weighted by molar-refractivity contribution is 0.101. The Morgan fingerprint density at radius 3 is 1.84 bits per heavy atom. The molecule has 0 bridgehead atoms. The van der Waals surface area contributed by atoms with E-state index in [2.05, 4.69) is 30.2 Å². The molecular formula is C31H28ClF2N7O7S2. The summed E-state index contributed by atoms with van der Waals surface area (Å²) in [5.74, 6) is -2.61. The normalized spacial score (nSPS) is 14.6. The molecule has 2 amide bonds. The quantitative estimate of drug-likeness (QED) is 0.158. The molecular weight excluding hydrogens is 720 g/mol. The largest absolute Gasteiger partial charge is 0.423 e. The first-order chi connectivity index (χ1) is 23.7. The van der Waals surface area contributed by atoms with Crippen LogP contribution in [0.15, 0.2) is 81.1 Å². The molecule has 262 valence electrons. The highest BCUT2D eigenvalue weighted by molar-refractivity contribution is 7.89. The van der Waals surface area contributed by atoms with Crippen molar-refractivity contribution < 1.29 is 39.6 Å². The van der Waals surface area contributed by atoms with Gasteiger partial charge < -0.3 is 9.73 Å². The van der Waals surface area contributed by atoms with Crippen molar-refractivity contribution in [3.63, 3.8) is 0 Å². The van der Waals surface area contributed by atoms with Crippen LogP contribution in [0, 0.1) is 11.6 Å². The lowest BCUT2D eigenvalue weighted by Crippen LogP contribution is -2.27. The monoisotopic (exact) mass is 747 g/mol. The summed E-state index contributed by atoms with van der Waals surface area (Å²) in [6.45, 7) is 0. The van der Waals surface area contributed by atoms with Crippen molar-refractivity contribution in [2.24, 2.45) is 7.05 Å². The molecule has 5 aromatic rings. The molecule has 2 aliphatic rings. The number of hydrogen-bond acceptors (Lipinski definition) is 9. The minimum absolute atomic E-state index is 0.0452. The third-order valence-electron chi connectivity index (χ3n) is 7.40. The molecule has 2 saturated carbocycles. The zero-order valence-corrected chi connectivity index (χ0v) is 28.4. The molecule has 3 aromatic carbocycles. The van der Waals surface area contributed by atoms with Crippen LogP contribution in [-0.4, -0.2) is 55.5 Å². The summed E-state index contributed by atoms with van der Waals surface area (Å²) in [5, 5.41) is 9.36. The Morgan fingerprint density at radius 2 is 1.34 bits per heavy atom. The van der Waals surface area contributed by atoms with Gasteiger partial charge in [-0.3, -0.25) is 19.6 Å². The molecule has 7 rings (SSSR count). The van der Waals surface area contributed by atoms with Gasteiger partial charge in [0.1, 0.15) is 32.8 Å². The molecule has 50 heavy (non-hydrogen) atoms. The molecule has 0 aliphatic heterocycles. The van der Waals surface area contributed by atoms with Gasteiger partial charge >= 0.3 is 6.01 Å². The van der Waals surface area contributed by atoms with Crippen molar-refractivity contribution in [1.29, 1.82) is 0 Å². The molecule has 2 fully saturated rings. The number of rotatable bonds is 10. The molecule has 0 atom stereocenters. The minimum Gasteiger partial charge on any atom is -0.423 e. The van der Waals surface area contributed by atoms with Gasteiger partial charge in [-0.2, -0.15) is 10.1 Å². The van der Waals surface area contributed by atoms with E-state index in [0.717, 1.165) is 37.1 Å². The van der Waals surface area contributed by atoms with Gasteiger partial charge in [-0.1, -0.05) is 11.6 Å². The number of benzene rings is 3. The van der Waals surface area contributed by atoms with Gasteiger partial charge in [-0.15, -0.1) is 0 Å². The number of aryl methyl sites for hydroxylation is 1. The second-order valence-electron chi connectivity index (χ2n) is 11.5. The number of carbonyl (C=O) groups excluding carboxylic acids is 2. The van der Waals surface area contributed by atoms with E-state index in [1.165, 1.54) is 23.0 Å². The molecule has 14 nitrogen and oxygen atoms in total. The number of oxazole rings is 1. The first-order valence-electron chi connectivity index (χ1n) is 15.0. The van der Waals surface area contributed by atoms with Crippen LogP contribution in [0.25, 0.3) is 11.1 Å². The fourth-order valence-corrected chi connectivity index (χ4v) is 7.45. The number of halogens is 3. The van der Waals surface area contributed by atoms with E-state index >= 15 is 0 Å². The fourth-order valence-electron chi connectivity index (χ4n) is 4.48. The van der Waals surface area contributed by atoms with Crippen LogP contribution in [0.1, 0.15) is 46.4 Å². The first kappa shape index (κ1) is 35.1. The summed E-state index contributed by atoms with van der Waals surface area (Å²) in [7, 11) is -6.37. The van der Waals surface area contributed by atoms with E-state index in [4.69, 9.17) is 16.0 Å². The lowest BCUT2D eigenvalue weighted by Gasteiger charge is -2.09. The first-order valence-corrected chi connectivity index (χ1v) is 18.3. The zero-order valence-electron chi connectivity index (χ0n) is 26.0. The second-order valence-corrected chi connectivity index (χ2v) is 15.3. The maximum absolute atomic E-state index is 14.0. The summed E-state index contributed by atoms with van der Waals surface area (Å²) in [6, 6.07) is 12.3. The van der Waals surface area contributed by atoms with Crippen LogP contribution in [0.4, 0.5) is 20.6 Å². The summed E-state index contributed by atoms with van der Waals surface area (Å²) in [6.07, 6.45) is 4.41. The van der Waals surface area contributed by atoms with Gasteiger partial charge in [0, 0.05) is 47.4 Å². The van der Waals surface area contributed by atoms with Gasteiger partial charge in [-0.05, 0) is 74.2 Å². The molecule has 2 heterocycles. The molecule has 2 aromatic heterocycles. The molecule has 0 spiro atoms. The highest BCUT2D eigenvalue weighted by atomic mass is 35.5. The van der Waals surface area contributed by atoms with Crippen molar-refractivity contribution in [2.45, 2.75) is 47.6 Å². The highest BCUT2D eigenvalue weighted by Crippen LogP contribution is 2.26. The Labute approximate surface area is 289 Å². The Kier molecular flexibility index (Phi) is 9.73. The Balaban J connectivity index is 0.000000175. The molecule has 4 N–H and O–H groups in total. The fraction of sp³-hybridized carbons (Fsp3) is 0.226. The van der Waals surface area contributed by atoms with Crippen LogP contribution < -0.4 is 20.1 Å². The average molecular weight is 748 g/mol. The zero-order chi connectivity index (χ0) is 35.8. The summed E-state index contributed by atoms with van der Waals surface area (Å²) in [4.78, 5) is 27.6. The summed E-state index contributed by atoms with van der Waals surface area (Å²) < 4.78 is 88.3. The Hall–Kier alpha value is -4.75. The maximum atomic E-state index is 14.0. The number of aromatic nitrogens is 3. The Bertz CT molecular complexity index is 2340. The number of nitrogens with one attached hydrogen (secondary N) is 4. The highest BCUT2D eigenvalue weighted by Gasteiger charge is 2.31. The van der Waals surface area contributed by atoms with E-state index in [-0.39, 0.29) is 29.2 Å². The number of fused-ring (bicyclic) bond motifs is 1. The Morgan fingerprint density at radius 1 is 0.800 bits per heavy atom. The van der Waals surface area contributed by atoms with Crippen molar-refractivity contribution in [3.05, 3.63) is 94.6 Å². The van der Waals surface area contributed by atoms with E-state index in [1.54, 1.807) is 31.3 Å². The van der Waals surface area contributed by atoms with E-state index in [9.17, 15) is 35.2 Å². The third kappa shape index (κ3) is 8.33. The van der Waals surface area contributed by atoms with Crippen LogP contribution in [-0.2, 0) is 27.1 Å². The lowest BCUT2D eigenvalue weighted by atomic mass is 10.2. The second kappa shape index (κ2) is 13.9. The number of hydrogen-bond donors (Lipinski definition) is 4. The van der Waals surface area contributed by atoms with Gasteiger partial charge in [0.2, 0.25) is 20.0 Å². The number of sulfonamides is 2. The minimum atomic E-state index is -4.04. The number of anilines is 2. The van der Waals surface area contributed by atoms with Gasteiger partial charge in [-0.25, -0.2) is 35.1 Å². The van der Waals surface area contributed by atoms with Gasteiger partial charge in [0.25, 0.3) is 11.8 Å². The molecule has 0 unspecified atom stereocenters. The van der Waals surface area contributed by atoms with Crippen LogP contribution in [0.3, 0.4) is 0 Å². The predicted octanol–water partition coefficient (Wildman–Crippen LogP) is 4.57. The molecule has 0 radical (unpaired) electrons. The number of nitrogens with zero attached hydrogens (tertiary/aromatic N) is 3. The SMILES string of the molecule is Cn1nccc1NC(=O)c1ccc(F)c(S(=O)(=O)NC2CC2)c1.O=C(Nc1nc2ccc(Cl)cc2o1)c1ccc(F)c(S(=O)(=O)NC2CC2)c1. The van der Waals surface area contributed by atoms with Gasteiger partial charge in [0.15, 0.2) is 5.58 Å². The smallest absolute Gasteiger partial charge is 0.302 e.